The fourth-order valence-corrected chi connectivity index (χ4v) is 2.89. The highest BCUT2D eigenvalue weighted by molar-refractivity contribution is 5.93. The van der Waals surface area contributed by atoms with Crippen molar-refractivity contribution in [3.8, 4) is 0 Å². The third-order valence-electron chi connectivity index (χ3n) is 4.22. The number of benzene rings is 1. The number of morpholine rings is 1. The number of imidazole rings is 1. The Morgan fingerprint density at radius 2 is 2.19 bits per heavy atom. The smallest absolute Gasteiger partial charge is 0.226 e. The second kappa shape index (κ2) is 9.12. The molecule has 2 aromatic rings. The van der Waals surface area contributed by atoms with Crippen molar-refractivity contribution in [2.75, 3.05) is 44.8 Å². The van der Waals surface area contributed by atoms with E-state index in [1.807, 2.05) is 18.2 Å². The topological polar surface area (TPSA) is 79.5 Å². The summed E-state index contributed by atoms with van der Waals surface area (Å²) in [5, 5.41) is 2.92. The lowest BCUT2D eigenvalue weighted by Gasteiger charge is -2.25. The van der Waals surface area contributed by atoms with Gasteiger partial charge in [-0.25, -0.2) is 4.98 Å². The number of nitrogens with zero attached hydrogens (tertiary/aromatic N) is 2. The van der Waals surface area contributed by atoms with E-state index >= 15 is 0 Å². The molecule has 2 heterocycles. The van der Waals surface area contributed by atoms with E-state index in [4.69, 9.17) is 9.47 Å². The molecule has 0 bridgehead atoms. The molecule has 1 fully saturated rings. The van der Waals surface area contributed by atoms with Crippen LogP contribution in [-0.4, -0.2) is 60.3 Å². The Morgan fingerprint density at radius 1 is 1.38 bits per heavy atom. The van der Waals surface area contributed by atoms with E-state index < -0.39 is 0 Å². The molecule has 1 aromatic carbocycles. The van der Waals surface area contributed by atoms with E-state index in [1.54, 1.807) is 0 Å². The first-order chi connectivity index (χ1) is 12.6. The van der Waals surface area contributed by atoms with Crippen LogP contribution in [0.5, 0.6) is 0 Å². The molecule has 7 nitrogen and oxygen atoms in total. The van der Waals surface area contributed by atoms with Gasteiger partial charge in [-0.1, -0.05) is 13.8 Å². The van der Waals surface area contributed by atoms with Crippen molar-refractivity contribution in [2.24, 2.45) is 5.92 Å². The largest absolute Gasteiger partial charge is 0.381 e. The fourth-order valence-electron chi connectivity index (χ4n) is 2.89. The van der Waals surface area contributed by atoms with Gasteiger partial charge in [0.25, 0.3) is 0 Å². The Kier molecular flexibility index (Phi) is 6.60. The van der Waals surface area contributed by atoms with E-state index in [0.717, 1.165) is 55.4 Å². The Morgan fingerprint density at radius 3 is 2.96 bits per heavy atom. The van der Waals surface area contributed by atoms with Gasteiger partial charge in [0, 0.05) is 25.4 Å². The van der Waals surface area contributed by atoms with Crippen molar-refractivity contribution in [3.63, 3.8) is 0 Å². The summed E-state index contributed by atoms with van der Waals surface area (Å²) in [4.78, 5) is 22.3. The molecule has 1 aliphatic rings. The summed E-state index contributed by atoms with van der Waals surface area (Å²) in [7, 11) is 0. The normalized spacial score (nSPS) is 15.7. The van der Waals surface area contributed by atoms with Crippen LogP contribution in [0.3, 0.4) is 0 Å². The molecule has 0 aliphatic carbocycles. The minimum atomic E-state index is -0.0406. The zero-order chi connectivity index (χ0) is 18.4. The molecule has 1 aromatic heterocycles. The van der Waals surface area contributed by atoms with Crippen LogP contribution < -0.4 is 5.32 Å². The number of H-pyrrole nitrogens is 1. The van der Waals surface area contributed by atoms with Crippen LogP contribution in [0.4, 0.5) is 5.69 Å². The summed E-state index contributed by atoms with van der Waals surface area (Å²) in [6.45, 7) is 9.50. The van der Waals surface area contributed by atoms with Crippen LogP contribution >= 0.6 is 0 Å². The summed E-state index contributed by atoms with van der Waals surface area (Å²) in [5.74, 6) is 1.38. The SMILES string of the molecule is CC(C)COCCC(=O)Nc1ccc2nc(CN3CCOCC3)[nH]c2c1. The maximum atomic E-state index is 12.0. The monoisotopic (exact) mass is 360 g/mol. The molecule has 0 unspecified atom stereocenters. The molecule has 0 spiro atoms. The van der Waals surface area contributed by atoms with Gasteiger partial charge in [-0.15, -0.1) is 0 Å². The van der Waals surface area contributed by atoms with E-state index in [1.165, 1.54) is 0 Å². The highest BCUT2D eigenvalue weighted by atomic mass is 16.5. The molecule has 0 radical (unpaired) electrons. The molecule has 1 aliphatic heterocycles. The molecular weight excluding hydrogens is 332 g/mol. The van der Waals surface area contributed by atoms with Crippen LogP contribution in [0.1, 0.15) is 26.1 Å². The van der Waals surface area contributed by atoms with Gasteiger partial charge in [-0.3, -0.25) is 9.69 Å². The molecule has 7 heteroatoms. The van der Waals surface area contributed by atoms with Crippen molar-refractivity contribution < 1.29 is 14.3 Å². The van der Waals surface area contributed by atoms with Gasteiger partial charge >= 0.3 is 0 Å². The minimum Gasteiger partial charge on any atom is -0.381 e. The van der Waals surface area contributed by atoms with Gasteiger partial charge in [0.05, 0.1) is 43.8 Å². The second-order valence-corrected chi connectivity index (χ2v) is 7.07. The van der Waals surface area contributed by atoms with Crippen LogP contribution in [0.2, 0.25) is 0 Å². The maximum Gasteiger partial charge on any atom is 0.226 e. The number of carbonyl (C=O) groups excluding carboxylic acids is 1. The van der Waals surface area contributed by atoms with Crippen molar-refractivity contribution in [2.45, 2.75) is 26.8 Å². The molecule has 0 atom stereocenters. The van der Waals surface area contributed by atoms with Crippen LogP contribution in [-0.2, 0) is 20.8 Å². The predicted molar refractivity (Wildman–Crippen MR) is 101 cm³/mol. The third-order valence-corrected chi connectivity index (χ3v) is 4.22. The van der Waals surface area contributed by atoms with Crippen molar-refractivity contribution in [1.29, 1.82) is 0 Å². The molecule has 3 rings (SSSR count). The number of carbonyl (C=O) groups is 1. The Labute approximate surface area is 154 Å². The standard InChI is InChI=1S/C19H28N4O3/c1-14(2)13-26-8-5-19(24)20-15-3-4-16-17(11-15)22-18(21-16)12-23-6-9-25-10-7-23/h3-4,11,14H,5-10,12-13H2,1-2H3,(H,20,24)(H,21,22). The molecule has 1 saturated heterocycles. The molecule has 26 heavy (non-hydrogen) atoms. The average molecular weight is 360 g/mol. The highest BCUT2D eigenvalue weighted by Crippen LogP contribution is 2.18. The lowest BCUT2D eigenvalue weighted by Crippen LogP contribution is -2.35. The third kappa shape index (κ3) is 5.52. The van der Waals surface area contributed by atoms with E-state index in [-0.39, 0.29) is 5.91 Å². The summed E-state index contributed by atoms with van der Waals surface area (Å²) >= 11 is 0. The summed E-state index contributed by atoms with van der Waals surface area (Å²) in [6, 6.07) is 5.74. The van der Waals surface area contributed by atoms with Gasteiger partial charge < -0.3 is 19.8 Å². The summed E-state index contributed by atoms with van der Waals surface area (Å²) in [6.07, 6.45) is 0.357. The molecular formula is C19H28N4O3. The first-order valence-corrected chi connectivity index (χ1v) is 9.26. The number of aromatic amines is 1. The number of hydrogen-bond acceptors (Lipinski definition) is 5. The number of rotatable bonds is 8. The van der Waals surface area contributed by atoms with Gasteiger partial charge in [0.2, 0.25) is 5.91 Å². The zero-order valence-electron chi connectivity index (χ0n) is 15.6. The number of amides is 1. The summed E-state index contributed by atoms with van der Waals surface area (Å²) < 4.78 is 10.8. The van der Waals surface area contributed by atoms with Crippen LogP contribution in [0.15, 0.2) is 18.2 Å². The molecule has 142 valence electrons. The molecule has 1 amide bonds. The lowest BCUT2D eigenvalue weighted by molar-refractivity contribution is -0.117. The lowest BCUT2D eigenvalue weighted by atomic mass is 10.2. The Bertz CT molecular complexity index is 723. The Balaban J connectivity index is 1.54. The second-order valence-electron chi connectivity index (χ2n) is 7.07. The average Bonchev–Trinajstić information content (AvgIpc) is 3.01. The van der Waals surface area contributed by atoms with Crippen LogP contribution in [0.25, 0.3) is 11.0 Å². The van der Waals surface area contributed by atoms with Gasteiger partial charge in [0.1, 0.15) is 5.82 Å². The molecule has 0 saturated carbocycles. The summed E-state index contributed by atoms with van der Waals surface area (Å²) in [5.41, 5.74) is 2.61. The maximum absolute atomic E-state index is 12.0. The first kappa shape index (κ1) is 18.8. The quantitative estimate of drug-likeness (QED) is 0.707. The number of ether oxygens (including phenoxy) is 2. The zero-order valence-corrected chi connectivity index (χ0v) is 15.6. The Hall–Kier alpha value is -1.96. The number of fused-ring (bicyclic) bond motifs is 1. The number of hydrogen-bond donors (Lipinski definition) is 2. The van der Waals surface area contributed by atoms with E-state index in [0.29, 0.717) is 25.6 Å². The van der Waals surface area contributed by atoms with Gasteiger partial charge in [-0.05, 0) is 24.1 Å². The number of nitrogens with one attached hydrogen (secondary N) is 2. The number of anilines is 1. The van der Waals surface area contributed by atoms with Crippen molar-refractivity contribution in [1.82, 2.24) is 14.9 Å². The fraction of sp³-hybridized carbons (Fsp3) is 0.579. The van der Waals surface area contributed by atoms with Crippen LogP contribution in [0, 0.1) is 5.92 Å². The number of aromatic nitrogens is 2. The van der Waals surface area contributed by atoms with Gasteiger partial charge in [0.15, 0.2) is 0 Å². The predicted octanol–water partition coefficient (Wildman–Crippen LogP) is 2.40. The molecule has 2 N–H and O–H groups in total. The minimum absolute atomic E-state index is 0.0406. The van der Waals surface area contributed by atoms with E-state index in [9.17, 15) is 4.79 Å². The van der Waals surface area contributed by atoms with Gasteiger partial charge in [-0.2, -0.15) is 0 Å². The van der Waals surface area contributed by atoms with E-state index in [2.05, 4.69) is 34.0 Å². The first-order valence-electron chi connectivity index (χ1n) is 9.26. The highest BCUT2D eigenvalue weighted by Gasteiger charge is 2.13. The van der Waals surface area contributed by atoms with Crippen molar-refractivity contribution in [3.05, 3.63) is 24.0 Å². The van der Waals surface area contributed by atoms with Crippen molar-refractivity contribution >= 4 is 22.6 Å².